The maximum Gasteiger partial charge on any atom is 0.408 e. The molecule has 31 heavy (non-hydrogen) atoms. The number of carbonyl (C=O) groups is 2. The normalized spacial score (nSPS) is 11.3. The minimum Gasteiger partial charge on any atom is -0.444 e. The molecular weight excluding hydrogens is 398 g/mol. The summed E-state index contributed by atoms with van der Waals surface area (Å²) in [5, 5.41) is 14.1. The summed E-state index contributed by atoms with van der Waals surface area (Å²) in [4.78, 5) is 31.8. The lowest BCUT2D eigenvalue weighted by atomic mass is 9.85. The van der Waals surface area contributed by atoms with E-state index >= 15 is 0 Å². The van der Waals surface area contributed by atoms with Gasteiger partial charge >= 0.3 is 12.1 Å². The van der Waals surface area contributed by atoms with Crippen molar-refractivity contribution < 1.29 is 19.1 Å². The number of carbonyl (C=O) groups excluding carboxylic acids is 2. The highest BCUT2D eigenvalue weighted by atomic mass is 16.6. The molecule has 0 atom stereocenters. The first kappa shape index (κ1) is 23.6. The van der Waals surface area contributed by atoms with Crippen molar-refractivity contribution in [2.75, 3.05) is 11.9 Å². The van der Waals surface area contributed by atoms with E-state index in [2.05, 4.69) is 26.7 Å². The smallest absolute Gasteiger partial charge is 0.408 e. The van der Waals surface area contributed by atoms with Crippen molar-refractivity contribution in [3.05, 3.63) is 41.7 Å². The molecule has 0 aliphatic carbocycles. The maximum atomic E-state index is 12.0. The highest BCUT2D eigenvalue weighted by molar-refractivity contribution is 5.93. The molecular formula is C22H27N5O4. The molecule has 0 aliphatic rings. The topological polar surface area (TPSA) is 126 Å². The van der Waals surface area contributed by atoms with Crippen LogP contribution in [-0.2, 0) is 14.9 Å². The van der Waals surface area contributed by atoms with Gasteiger partial charge in [0.1, 0.15) is 17.9 Å². The van der Waals surface area contributed by atoms with Crippen LogP contribution in [0.1, 0.15) is 52.7 Å². The summed E-state index contributed by atoms with van der Waals surface area (Å²) < 4.78 is 10.9. The lowest BCUT2D eigenvalue weighted by Gasteiger charge is -2.22. The molecule has 0 aliphatic heterocycles. The van der Waals surface area contributed by atoms with E-state index in [9.17, 15) is 9.59 Å². The number of aromatic nitrogens is 2. The number of benzene rings is 1. The van der Waals surface area contributed by atoms with Crippen molar-refractivity contribution in [3.63, 3.8) is 0 Å². The second kappa shape index (κ2) is 9.43. The molecule has 0 saturated heterocycles. The average Bonchev–Trinajstić information content (AvgIpc) is 2.66. The fourth-order valence-corrected chi connectivity index (χ4v) is 2.48. The van der Waals surface area contributed by atoms with Crippen LogP contribution in [0.25, 0.3) is 0 Å². The summed E-state index contributed by atoms with van der Waals surface area (Å²) in [6.07, 6.45) is 2.11. The van der Waals surface area contributed by atoms with Crippen LogP contribution in [0.2, 0.25) is 0 Å². The summed E-state index contributed by atoms with van der Waals surface area (Å²) >= 11 is 0. The molecule has 164 valence electrons. The summed E-state index contributed by atoms with van der Waals surface area (Å²) in [5.74, 6) is 0.0927. The summed E-state index contributed by atoms with van der Waals surface area (Å²) in [6, 6.07) is 7.37. The minimum atomic E-state index is -0.681. The Morgan fingerprint density at radius 2 is 1.74 bits per heavy atom. The quantitative estimate of drug-likeness (QED) is 0.744. The van der Waals surface area contributed by atoms with Gasteiger partial charge in [0.15, 0.2) is 0 Å². The van der Waals surface area contributed by atoms with Crippen LogP contribution >= 0.6 is 0 Å². The molecule has 0 unspecified atom stereocenters. The molecule has 1 heterocycles. The zero-order valence-corrected chi connectivity index (χ0v) is 18.6. The van der Waals surface area contributed by atoms with Crippen molar-refractivity contribution in [2.45, 2.75) is 52.6 Å². The number of anilines is 1. The molecule has 2 N–H and O–H groups in total. The van der Waals surface area contributed by atoms with E-state index in [0.29, 0.717) is 17.0 Å². The van der Waals surface area contributed by atoms with Crippen molar-refractivity contribution in [3.8, 4) is 17.8 Å². The van der Waals surface area contributed by atoms with Gasteiger partial charge in [0.25, 0.3) is 0 Å². The molecule has 0 radical (unpaired) electrons. The fraction of sp³-hybridized carbons (Fsp3) is 0.409. The first-order valence-electron chi connectivity index (χ1n) is 9.68. The first-order chi connectivity index (χ1) is 14.4. The van der Waals surface area contributed by atoms with E-state index in [1.807, 2.05) is 20.8 Å². The highest BCUT2D eigenvalue weighted by Crippen LogP contribution is 2.34. The highest BCUT2D eigenvalue weighted by Gasteiger charge is 2.21. The summed E-state index contributed by atoms with van der Waals surface area (Å²) in [6.45, 7) is 11.0. The van der Waals surface area contributed by atoms with Crippen LogP contribution in [0.5, 0.6) is 11.8 Å². The molecule has 9 heteroatoms. The van der Waals surface area contributed by atoms with Crippen molar-refractivity contribution >= 4 is 17.7 Å². The predicted molar refractivity (Wildman–Crippen MR) is 115 cm³/mol. The zero-order chi connectivity index (χ0) is 23.2. The first-order valence-corrected chi connectivity index (χ1v) is 9.68. The van der Waals surface area contributed by atoms with Crippen LogP contribution < -0.4 is 15.4 Å². The third kappa shape index (κ3) is 7.59. The van der Waals surface area contributed by atoms with E-state index in [1.54, 1.807) is 39.0 Å². The van der Waals surface area contributed by atoms with E-state index in [4.69, 9.17) is 14.7 Å². The Labute approximate surface area is 181 Å². The molecule has 2 amide bonds. The third-order valence-corrected chi connectivity index (χ3v) is 3.82. The summed E-state index contributed by atoms with van der Waals surface area (Å²) in [7, 11) is 0. The van der Waals surface area contributed by atoms with E-state index in [0.717, 1.165) is 5.56 Å². The molecule has 1 aromatic carbocycles. The Hall–Kier alpha value is -3.67. The Morgan fingerprint density at radius 3 is 2.29 bits per heavy atom. The molecule has 2 rings (SSSR count). The number of hydrogen-bond donors (Lipinski definition) is 2. The van der Waals surface area contributed by atoms with Crippen molar-refractivity contribution in [1.29, 1.82) is 5.26 Å². The number of nitrogens with zero attached hydrogens (tertiary/aromatic N) is 3. The molecule has 0 bridgehead atoms. The number of alkyl carbamates (subject to hydrolysis) is 1. The van der Waals surface area contributed by atoms with Gasteiger partial charge in [0.2, 0.25) is 5.91 Å². The van der Waals surface area contributed by atoms with Crippen LogP contribution in [0.15, 0.2) is 30.6 Å². The van der Waals surface area contributed by atoms with Crippen molar-refractivity contribution in [2.24, 2.45) is 0 Å². The molecule has 2 aromatic rings. The monoisotopic (exact) mass is 425 g/mol. The Kier molecular flexibility index (Phi) is 7.18. The lowest BCUT2D eigenvalue weighted by Crippen LogP contribution is -2.37. The van der Waals surface area contributed by atoms with E-state index in [1.165, 1.54) is 12.4 Å². The van der Waals surface area contributed by atoms with Gasteiger partial charge < -0.3 is 20.1 Å². The molecule has 0 fully saturated rings. The van der Waals surface area contributed by atoms with Crippen LogP contribution in [-0.4, -0.2) is 34.1 Å². The van der Waals surface area contributed by atoms with Gasteiger partial charge in [-0.05, 0) is 44.4 Å². The van der Waals surface area contributed by atoms with Crippen LogP contribution in [0, 0.1) is 11.3 Å². The number of ether oxygens (including phenoxy) is 2. The predicted octanol–water partition coefficient (Wildman–Crippen LogP) is 3.90. The number of nitrogens with one attached hydrogen (secondary N) is 2. The van der Waals surface area contributed by atoms with Gasteiger partial charge in [-0.2, -0.15) is 5.26 Å². The number of hydrogen-bond acceptors (Lipinski definition) is 7. The number of rotatable bonds is 5. The van der Waals surface area contributed by atoms with Gasteiger partial charge in [-0.25, -0.2) is 14.8 Å². The van der Waals surface area contributed by atoms with Gasteiger partial charge in [-0.15, -0.1) is 0 Å². The Bertz CT molecular complexity index is 983. The second-order valence-corrected chi connectivity index (χ2v) is 8.83. The minimum absolute atomic E-state index is 0.0973. The zero-order valence-electron chi connectivity index (χ0n) is 18.6. The molecule has 1 aromatic heterocycles. The maximum absolute atomic E-state index is 12.0. The Balaban J connectivity index is 1.99. The SMILES string of the molecule is CC(C)(C)OC(=O)NCC(=O)Nc1cnc(Oc2ccc(C#N)cc2C(C)(C)C)nc1. The van der Waals surface area contributed by atoms with Crippen molar-refractivity contribution in [1.82, 2.24) is 15.3 Å². The third-order valence-electron chi connectivity index (χ3n) is 3.82. The van der Waals surface area contributed by atoms with Gasteiger partial charge in [0.05, 0.1) is 29.7 Å². The largest absolute Gasteiger partial charge is 0.444 e. The van der Waals surface area contributed by atoms with Gasteiger partial charge in [-0.1, -0.05) is 20.8 Å². The summed E-state index contributed by atoms with van der Waals surface area (Å²) in [5.41, 5.74) is 0.833. The Morgan fingerprint density at radius 1 is 1.10 bits per heavy atom. The number of nitriles is 1. The standard InChI is InChI=1S/C22H27N5O4/c1-21(2,3)16-9-14(10-23)7-8-17(16)30-19-24-11-15(12-25-19)27-18(28)13-26-20(29)31-22(4,5)6/h7-9,11-12H,13H2,1-6H3,(H,26,29)(H,27,28). The van der Waals surface area contributed by atoms with Gasteiger partial charge in [0, 0.05) is 5.56 Å². The lowest BCUT2D eigenvalue weighted by molar-refractivity contribution is -0.115. The van der Waals surface area contributed by atoms with E-state index < -0.39 is 17.6 Å². The van der Waals surface area contributed by atoms with Crippen LogP contribution in [0.3, 0.4) is 0 Å². The molecule has 9 nitrogen and oxygen atoms in total. The number of amides is 2. The molecule has 0 saturated carbocycles. The molecule has 0 spiro atoms. The van der Waals surface area contributed by atoms with Crippen LogP contribution in [0.4, 0.5) is 10.5 Å². The van der Waals surface area contributed by atoms with E-state index in [-0.39, 0.29) is 18.0 Å². The van der Waals surface area contributed by atoms with Gasteiger partial charge in [-0.3, -0.25) is 4.79 Å². The fourth-order valence-electron chi connectivity index (χ4n) is 2.48. The average molecular weight is 425 g/mol. The second-order valence-electron chi connectivity index (χ2n) is 8.83.